The number of aromatic nitrogens is 2. The molecule has 0 saturated heterocycles. The van der Waals surface area contributed by atoms with E-state index in [9.17, 15) is 13.2 Å². The zero-order valence-corrected chi connectivity index (χ0v) is 16.1. The van der Waals surface area contributed by atoms with Crippen LogP contribution in [-0.2, 0) is 9.84 Å². The van der Waals surface area contributed by atoms with Crippen LogP contribution in [0.2, 0.25) is 0 Å². The second-order valence-electron chi connectivity index (χ2n) is 5.97. The van der Waals surface area contributed by atoms with Crippen LogP contribution in [0.15, 0.2) is 63.2 Å². The lowest BCUT2D eigenvalue weighted by molar-refractivity contribution is 0.102. The lowest BCUT2D eigenvalue weighted by Crippen LogP contribution is -2.03. The number of carbonyl (C=O) groups excluding carboxylic acids is 1. The first-order valence-electron chi connectivity index (χ1n) is 8.33. The van der Waals surface area contributed by atoms with Crippen molar-refractivity contribution in [3.8, 4) is 0 Å². The number of H-pyrrole nitrogens is 1. The molecule has 2 aromatic carbocycles. The van der Waals surface area contributed by atoms with Crippen molar-refractivity contribution in [1.82, 2.24) is 9.97 Å². The van der Waals surface area contributed by atoms with Crippen LogP contribution in [0, 0.1) is 0 Å². The molecule has 0 spiro atoms. The number of benzene rings is 2. The smallest absolute Gasteiger partial charge is 0.257 e. The maximum atomic E-state index is 12.5. The Morgan fingerprint density at radius 1 is 1.22 bits per heavy atom. The number of para-hydroxylation sites is 1. The van der Waals surface area contributed by atoms with Crippen LogP contribution in [0.3, 0.4) is 0 Å². The van der Waals surface area contributed by atoms with Gasteiger partial charge in [0, 0.05) is 22.7 Å². The Morgan fingerprint density at radius 2 is 2.04 bits per heavy atom. The Hall–Kier alpha value is -2.58. The fourth-order valence-corrected chi connectivity index (χ4v) is 4.44. The van der Waals surface area contributed by atoms with Crippen LogP contribution in [0.25, 0.3) is 22.0 Å². The van der Waals surface area contributed by atoms with Gasteiger partial charge in [0.05, 0.1) is 16.4 Å². The Balaban J connectivity index is 1.54. The second kappa shape index (κ2) is 6.86. The summed E-state index contributed by atoms with van der Waals surface area (Å²) in [6, 6.07) is 12.2. The average Bonchev–Trinajstić information content (AvgIpc) is 3.29. The van der Waals surface area contributed by atoms with Gasteiger partial charge in [-0.25, -0.2) is 13.4 Å². The van der Waals surface area contributed by atoms with E-state index in [2.05, 4.69) is 9.97 Å². The number of rotatable bonds is 6. The van der Waals surface area contributed by atoms with Crippen molar-refractivity contribution in [3.05, 3.63) is 54.2 Å². The molecule has 8 heteroatoms. The molecule has 2 heterocycles. The topological polar surface area (TPSA) is 93.0 Å². The van der Waals surface area contributed by atoms with Crippen molar-refractivity contribution in [2.45, 2.75) is 17.0 Å². The van der Waals surface area contributed by atoms with E-state index < -0.39 is 9.84 Å². The number of oxazole rings is 1. The summed E-state index contributed by atoms with van der Waals surface area (Å²) in [6.07, 6.45) is 1.71. The van der Waals surface area contributed by atoms with Gasteiger partial charge in [0.25, 0.3) is 5.22 Å². The SMILES string of the molecule is CCS(=O)(=O)c1ccc2oc(SCC(=O)c3c[nH]c4ccccc34)nc2c1. The van der Waals surface area contributed by atoms with Crippen molar-refractivity contribution >= 4 is 49.4 Å². The molecule has 0 atom stereocenters. The van der Waals surface area contributed by atoms with Crippen molar-refractivity contribution in [2.24, 2.45) is 0 Å². The normalized spacial score (nSPS) is 12.0. The fraction of sp³-hybridized carbons (Fsp3) is 0.158. The zero-order valence-electron chi connectivity index (χ0n) is 14.4. The van der Waals surface area contributed by atoms with Crippen molar-refractivity contribution < 1.29 is 17.6 Å². The summed E-state index contributed by atoms with van der Waals surface area (Å²) in [5, 5.41) is 1.22. The van der Waals surface area contributed by atoms with Crippen LogP contribution >= 0.6 is 11.8 Å². The highest BCUT2D eigenvalue weighted by Gasteiger charge is 2.17. The highest BCUT2D eigenvalue weighted by Crippen LogP contribution is 2.27. The highest BCUT2D eigenvalue weighted by atomic mass is 32.2. The number of sulfone groups is 1. The molecule has 4 rings (SSSR count). The van der Waals surface area contributed by atoms with Gasteiger partial charge in [-0.05, 0) is 24.3 Å². The molecule has 0 amide bonds. The lowest BCUT2D eigenvalue weighted by Gasteiger charge is -1.99. The summed E-state index contributed by atoms with van der Waals surface area (Å²) >= 11 is 1.19. The number of nitrogens with one attached hydrogen (secondary N) is 1. The summed E-state index contributed by atoms with van der Waals surface area (Å²) in [5.74, 6) is 0.167. The van der Waals surface area contributed by atoms with Gasteiger partial charge in [-0.3, -0.25) is 4.79 Å². The summed E-state index contributed by atoms with van der Waals surface area (Å²) in [6.45, 7) is 1.60. The molecule has 4 aromatic rings. The Labute approximate surface area is 159 Å². The zero-order chi connectivity index (χ0) is 19.0. The van der Waals surface area contributed by atoms with E-state index in [-0.39, 0.29) is 22.2 Å². The van der Waals surface area contributed by atoms with E-state index in [4.69, 9.17) is 4.42 Å². The van der Waals surface area contributed by atoms with Gasteiger partial charge in [-0.15, -0.1) is 0 Å². The predicted octanol–water partition coefficient (Wildman–Crippen LogP) is 4.08. The monoisotopic (exact) mass is 400 g/mol. The van der Waals surface area contributed by atoms with E-state index in [0.29, 0.717) is 21.9 Å². The van der Waals surface area contributed by atoms with E-state index in [1.54, 1.807) is 19.2 Å². The van der Waals surface area contributed by atoms with Crippen LogP contribution in [0.5, 0.6) is 0 Å². The molecule has 0 saturated carbocycles. The summed E-state index contributed by atoms with van der Waals surface area (Å²) in [4.78, 5) is 20.2. The number of Topliss-reactive ketones (excluding diaryl/α,β-unsaturated/α-hetero) is 1. The number of nitrogens with zero attached hydrogens (tertiary/aromatic N) is 1. The van der Waals surface area contributed by atoms with Crippen LogP contribution in [-0.4, -0.2) is 35.7 Å². The summed E-state index contributed by atoms with van der Waals surface area (Å²) < 4.78 is 29.6. The number of aromatic amines is 1. The summed E-state index contributed by atoms with van der Waals surface area (Å²) in [7, 11) is -3.30. The quantitative estimate of drug-likeness (QED) is 0.387. The molecule has 0 aliphatic rings. The number of hydrogen-bond acceptors (Lipinski definition) is 6. The maximum absolute atomic E-state index is 12.5. The minimum Gasteiger partial charge on any atom is -0.431 e. The number of thioether (sulfide) groups is 1. The largest absolute Gasteiger partial charge is 0.431 e. The Bertz CT molecular complexity index is 1260. The molecule has 0 fully saturated rings. The maximum Gasteiger partial charge on any atom is 0.257 e. The van der Waals surface area contributed by atoms with Crippen molar-refractivity contribution in [3.63, 3.8) is 0 Å². The Kier molecular flexibility index (Phi) is 4.53. The molecule has 0 aliphatic carbocycles. The number of carbonyl (C=O) groups is 1. The van der Waals surface area contributed by atoms with Gasteiger partial charge in [0.1, 0.15) is 5.52 Å². The van der Waals surface area contributed by atoms with E-state index in [1.165, 1.54) is 23.9 Å². The van der Waals surface area contributed by atoms with Crippen molar-refractivity contribution in [2.75, 3.05) is 11.5 Å². The Morgan fingerprint density at radius 3 is 2.85 bits per heavy atom. The second-order valence-corrected chi connectivity index (χ2v) is 9.18. The number of fused-ring (bicyclic) bond motifs is 2. The van der Waals surface area contributed by atoms with Gasteiger partial charge >= 0.3 is 0 Å². The third-order valence-corrected chi connectivity index (χ3v) is 6.86. The third-order valence-electron chi connectivity index (χ3n) is 4.29. The third kappa shape index (κ3) is 3.38. The van der Waals surface area contributed by atoms with E-state index in [1.807, 2.05) is 24.3 Å². The molecule has 0 aliphatic heterocycles. The van der Waals surface area contributed by atoms with Crippen LogP contribution < -0.4 is 0 Å². The van der Waals surface area contributed by atoms with Crippen LogP contribution in [0.4, 0.5) is 0 Å². The van der Waals surface area contributed by atoms with Gasteiger partial charge in [-0.1, -0.05) is 36.9 Å². The predicted molar refractivity (Wildman–Crippen MR) is 105 cm³/mol. The molecule has 0 radical (unpaired) electrons. The van der Waals surface area contributed by atoms with Gasteiger partial charge < -0.3 is 9.40 Å². The minimum atomic E-state index is -3.30. The van der Waals surface area contributed by atoms with Gasteiger partial charge in [0.2, 0.25) is 0 Å². The first-order valence-corrected chi connectivity index (χ1v) is 11.0. The van der Waals surface area contributed by atoms with Crippen molar-refractivity contribution in [1.29, 1.82) is 0 Å². The highest BCUT2D eigenvalue weighted by molar-refractivity contribution is 7.99. The molecule has 138 valence electrons. The number of hydrogen-bond donors (Lipinski definition) is 1. The van der Waals surface area contributed by atoms with Gasteiger partial charge in [-0.2, -0.15) is 0 Å². The van der Waals surface area contributed by atoms with E-state index >= 15 is 0 Å². The summed E-state index contributed by atoms with van der Waals surface area (Å²) in [5.41, 5.74) is 2.50. The lowest BCUT2D eigenvalue weighted by atomic mass is 10.1. The average molecular weight is 400 g/mol. The molecular formula is C19H16N2O4S2. The molecule has 0 bridgehead atoms. The van der Waals surface area contributed by atoms with Crippen LogP contribution in [0.1, 0.15) is 17.3 Å². The molecule has 2 aromatic heterocycles. The molecule has 0 unspecified atom stereocenters. The molecule has 1 N–H and O–H groups in total. The standard InChI is InChI=1S/C19H16N2O4S2/c1-2-27(23,24)12-7-8-18-16(9-12)21-19(25-18)26-11-17(22)14-10-20-15-6-4-3-5-13(14)15/h3-10,20H,2,11H2,1H3. The molecular weight excluding hydrogens is 384 g/mol. The van der Waals surface area contributed by atoms with E-state index in [0.717, 1.165) is 10.9 Å². The minimum absolute atomic E-state index is 0.0249. The molecule has 27 heavy (non-hydrogen) atoms. The number of ketones is 1. The molecule has 6 nitrogen and oxygen atoms in total. The fourth-order valence-electron chi connectivity index (χ4n) is 2.82. The van der Waals surface area contributed by atoms with Gasteiger partial charge in [0.15, 0.2) is 21.2 Å². The first-order chi connectivity index (χ1) is 13.0. The first kappa shape index (κ1) is 17.8.